The van der Waals surface area contributed by atoms with Crippen LogP contribution in [0.3, 0.4) is 0 Å². The van der Waals surface area contributed by atoms with Gasteiger partial charge in [-0.05, 0) is 26.3 Å². The van der Waals surface area contributed by atoms with Gasteiger partial charge in [0.1, 0.15) is 6.04 Å². The van der Waals surface area contributed by atoms with Crippen LogP contribution in [0.4, 0.5) is 13.2 Å². The normalized spacial score (nSPS) is 28.8. The molecule has 0 spiro atoms. The fourth-order valence-corrected chi connectivity index (χ4v) is 1.54. The highest BCUT2D eigenvalue weighted by molar-refractivity contribution is 4.80. The second kappa shape index (κ2) is 3.84. The van der Waals surface area contributed by atoms with Gasteiger partial charge in [0, 0.05) is 6.54 Å². The summed E-state index contributed by atoms with van der Waals surface area (Å²) >= 11 is 0. The molecule has 0 aromatic rings. The fourth-order valence-electron chi connectivity index (χ4n) is 1.54. The van der Waals surface area contributed by atoms with E-state index in [-0.39, 0.29) is 6.54 Å². The number of hydrogen-bond donors (Lipinski definition) is 1. The average molecular weight is 197 g/mol. The average Bonchev–Trinajstić information content (AvgIpc) is 2.01. The zero-order chi connectivity index (χ0) is 10.1. The Morgan fingerprint density at radius 2 is 2.08 bits per heavy atom. The molecule has 0 aromatic heterocycles. The van der Waals surface area contributed by atoms with Crippen LogP contribution in [-0.2, 0) is 0 Å². The van der Waals surface area contributed by atoms with Crippen molar-refractivity contribution in [3.63, 3.8) is 0 Å². The molecule has 0 aliphatic carbocycles. The summed E-state index contributed by atoms with van der Waals surface area (Å²) in [7, 11) is 0. The van der Waals surface area contributed by atoms with Crippen molar-refractivity contribution in [2.45, 2.75) is 38.1 Å². The number of β-amino-alcohol motifs (C(OH)–C–C–N with tert-alkyl or cyclic N) is 1. The first-order valence-corrected chi connectivity index (χ1v) is 4.40. The van der Waals surface area contributed by atoms with E-state index in [0.29, 0.717) is 19.4 Å². The molecule has 2 nitrogen and oxygen atoms in total. The number of piperidine rings is 1. The standard InChI is InChI=1S/C8H14F3NO/c1-6(8(9,10)11)12-4-2-3-7(13)5-12/h6-7,13H,2-5H2,1H3. The van der Waals surface area contributed by atoms with Gasteiger partial charge in [0.2, 0.25) is 0 Å². The Morgan fingerprint density at radius 3 is 2.54 bits per heavy atom. The topological polar surface area (TPSA) is 23.5 Å². The fraction of sp³-hybridized carbons (Fsp3) is 1.00. The van der Waals surface area contributed by atoms with E-state index in [1.165, 1.54) is 4.90 Å². The van der Waals surface area contributed by atoms with E-state index in [1.54, 1.807) is 0 Å². The van der Waals surface area contributed by atoms with Crippen molar-refractivity contribution in [2.24, 2.45) is 0 Å². The van der Waals surface area contributed by atoms with Crippen LogP contribution in [0.15, 0.2) is 0 Å². The van der Waals surface area contributed by atoms with Crippen molar-refractivity contribution < 1.29 is 18.3 Å². The van der Waals surface area contributed by atoms with Crippen LogP contribution in [0.25, 0.3) is 0 Å². The van der Waals surface area contributed by atoms with Gasteiger partial charge < -0.3 is 5.11 Å². The summed E-state index contributed by atoms with van der Waals surface area (Å²) in [6, 6.07) is -1.44. The molecule has 2 unspecified atom stereocenters. The molecule has 78 valence electrons. The third-order valence-electron chi connectivity index (χ3n) is 2.45. The third-order valence-corrected chi connectivity index (χ3v) is 2.45. The summed E-state index contributed by atoms with van der Waals surface area (Å²) in [5.41, 5.74) is 0. The van der Waals surface area contributed by atoms with Gasteiger partial charge in [-0.25, -0.2) is 0 Å². The van der Waals surface area contributed by atoms with Crippen molar-refractivity contribution in [1.29, 1.82) is 0 Å². The van der Waals surface area contributed by atoms with Crippen LogP contribution < -0.4 is 0 Å². The van der Waals surface area contributed by atoms with E-state index in [2.05, 4.69) is 0 Å². The zero-order valence-electron chi connectivity index (χ0n) is 7.51. The van der Waals surface area contributed by atoms with E-state index in [0.717, 1.165) is 6.92 Å². The minimum atomic E-state index is -4.18. The monoisotopic (exact) mass is 197 g/mol. The van der Waals surface area contributed by atoms with Crippen molar-refractivity contribution >= 4 is 0 Å². The molecule has 1 fully saturated rings. The maximum absolute atomic E-state index is 12.2. The number of likely N-dealkylation sites (tertiary alicyclic amines) is 1. The molecule has 0 bridgehead atoms. The van der Waals surface area contributed by atoms with E-state index < -0.39 is 18.3 Å². The summed E-state index contributed by atoms with van der Waals surface area (Å²) < 4.78 is 36.7. The van der Waals surface area contributed by atoms with Gasteiger partial charge in [-0.15, -0.1) is 0 Å². The van der Waals surface area contributed by atoms with Crippen LogP contribution in [-0.4, -0.2) is 41.4 Å². The molecule has 13 heavy (non-hydrogen) atoms. The first kappa shape index (κ1) is 10.8. The molecule has 0 radical (unpaired) electrons. The molecule has 0 saturated carbocycles. The molecule has 1 rings (SSSR count). The molecule has 0 amide bonds. The minimum Gasteiger partial charge on any atom is -0.392 e. The summed E-state index contributed by atoms with van der Waals surface area (Å²) in [5.74, 6) is 0. The Bertz CT molecular complexity index is 171. The van der Waals surface area contributed by atoms with Crippen LogP contribution in [0, 0.1) is 0 Å². The zero-order valence-corrected chi connectivity index (χ0v) is 7.51. The van der Waals surface area contributed by atoms with E-state index in [9.17, 15) is 18.3 Å². The van der Waals surface area contributed by atoms with E-state index in [4.69, 9.17) is 0 Å². The van der Waals surface area contributed by atoms with Gasteiger partial charge in [-0.3, -0.25) is 4.90 Å². The number of aliphatic hydroxyl groups excluding tert-OH is 1. The predicted octanol–water partition coefficient (Wildman–Crippen LogP) is 1.39. The Balaban J connectivity index is 2.51. The number of aliphatic hydroxyl groups is 1. The number of nitrogens with zero attached hydrogens (tertiary/aromatic N) is 1. The summed E-state index contributed by atoms with van der Waals surface area (Å²) in [4.78, 5) is 1.29. The molecular formula is C8H14F3NO. The predicted molar refractivity (Wildman–Crippen MR) is 42.3 cm³/mol. The number of halogens is 3. The highest BCUT2D eigenvalue weighted by atomic mass is 19.4. The van der Waals surface area contributed by atoms with Crippen LogP contribution in [0.2, 0.25) is 0 Å². The lowest BCUT2D eigenvalue weighted by Crippen LogP contribution is -2.49. The lowest BCUT2D eigenvalue weighted by molar-refractivity contribution is -0.184. The Morgan fingerprint density at radius 1 is 1.46 bits per heavy atom. The second-order valence-corrected chi connectivity index (χ2v) is 3.51. The van der Waals surface area contributed by atoms with Gasteiger partial charge in [0.15, 0.2) is 0 Å². The summed E-state index contributed by atoms with van der Waals surface area (Å²) in [5, 5.41) is 9.19. The lowest BCUT2D eigenvalue weighted by Gasteiger charge is -2.35. The lowest BCUT2D eigenvalue weighted by atomic mass is 10.1. The van der Waals surface area contributed by atoms with Crippen LogP contribution in [0.5, 0.6) is 0 Å². The van der Waals surface area contributed by atoms with Crippen LogP contribution in [0.1, 0.15) is 19.8 Å². The van der Waals surface area contributed by atoms with Crippen LogP contribution >= 0.6 is 0 Å². The maximum Gasteiger partial charge on any atom is 0.403 e. The molecule has 1 N–H and O–H groups in total. The second-order valence-electron chi connectivity index (χ2n) is 3.51. The highest BCUT2D eigenvalue weighted by Gasteiger charge is 2.41. The number of hydrogen-bond acceptors (Lipinski definition) is 2. The van der Waals surface area contributed by atoms with E-state index in [1.807, 2.05) is 0 Å². The highest BCUT2D eigenvalue weighted by Crippen LogP contribution is 2.26. The van der Waals surface area contributed by atoms with Crippen molar-refractivity contribution in [1.82, 2.24) is 4.90 Å². The molecule has 1 saturated heterocycles. The SMILES string of the molecule is CC(N1CCCC(O)C1)C(F)(F)F. The van der Waals surface area contributed by atoms with Crippen molar-refractivity contribution in [3.8, 4) is 0 Å². The van der Waals surface area contributed by atoms with Gasteiger partial charge in [-0.1, -0.05) is 0 Å². The Hall–Kier alpha value is -0.290. The first-order valence-electron chi connectivity index (χ1n) is 4.40. The number of rotatable bonds is 1. The quantitative estimate of drug-likeness (QED) is 0.686. The first-order chi connectivity index (χ1) is 5.91. The van der Waals surface area contributed by atoms with Gasteiger partial charge >= 0.3 is 6.18 Å². The third kappa shape index (κ3) is 2.84. The molecule has 1 aliphatic rings. The van der Waals surface area contributed by atoms with Crippen molar-refractivity contribution in [3.05, 3.63) is 0 Å². The molecule has 1 heterocycles. The summed E-state index contributed by atoms with van der Waals surface area (Å²) in [6.45, 7) is 1.70. The largest absolute Gasteiger partial charge is 0.403 e. The molecular weight excluding hydrogens is 183 g/mol. The molecule has 5 heteroatoms. The molecule has 1 aliphatic heterocycles. The molecule has 2 atom stereocenters. The maximum atomic E-state index is 12.2. The van der Waals surface area contributed by atoms with Crippen molar-refractivity contribution in [2.75, 3.05) is 13.1 Å². The number of alkyl halides is 3. The van der Waals surface area contributed by atoms with E-state index >= 15 is 0 Å². The van der Waals surface area contributed by atoms with Gasteiger partial charge in [0.25, 0.3) is 0 Å². The minimum absolute atomic E-state index is 0.140. The Kier molecular flexibility index (Phi) is 3.18. The van der Waals surface area contributed by atoms with Gasteiger partial charge in [-0.2, -0.15) is 13.2 Å². The van der Waals surface area contributed by atoms with Gasteiger partial charge in [0.05, 0.1) is 6.10 Å². The Labute approximate surface area is 75.3 Å². The molecule has 0 aromatic carbocycles. The smallest absolute Gasteiger partial charge is 0.392 e. The summed E-state index contributed by atoms with van der Waals surface area (Å²) in [6.07, 6.45) is -3.53.